The van der Waals surface area contributed by atoms with Crippen LogP contribution in [0.3, 0.4) is 0 Å². The highest BCUT2D eigenvalue weighted by molar-refractivity contribution is 5.91. The summed E-state index contributed by atoms with van der Waals surface area (Å²) >= 11 is 0. The topological polar surface area (TPSA) is 55.1 Å². The summed E-state index contributed by atoms with van der Waals surface area (Å²) in [6.07, 6.45) is 0.143. The number of carbonyl (C=O) groups is 1. The molecule has 0 saturated carbocycles. The van der Waals surface area contributed by atoms with Crippen LogP contribution in [-0.4, -0.2) is 12.5 Å². The van der Waals surface area contributed by atoms with E-state index in [0.717, 1.165) is 12.1 Å². The number of hydrogen-bond donors (Lipinski definition) is 2. The van der Waals surface area contributed by atoms with Gasteiger partial charge in [0.15, 0.2) is 0 Å². The third-order valence-electron chi connectivity index (χ3n) is 2.16. The van der Waals surface area contributed by atoms with Crippen molar-refractivity contribution in [2.75, 3.05) is 11.9 Å². The minimum atomic E-state index is -0.784. The molecule has 16 heavy (non-hydrogen) atoms. The molecule has 1 rings (SSSR count). The number of rotatable bonds is 4. The summed E-state index contributed by atoms with van der Waals surface area (Å²) in [6, 6.07) is 3.42. The molecule has 0 bridgehead atoms. The zero-order valence-electron chi connectivity index (χ0n) is 8.97. The van der Waals surface area contributed by atoms with E-state index in [1.54, 1.807) is 6.92 Å². The molecule has 1 aromatic carbocycles. The molecule has 1 unspecified atom stereocenters. The normalized spacial score (nSPS) is 12.2. The standard InChI is InChI=1S/C11H14F2N2O/c1-7(6-14)5-10(16)15-11-8(12)3-2-4-9(11)13/h2-4,7H,5-6,14H2,1H3,(H,15,16). The van der Waals surface area contributed by atoms with E-state index in [2.05, 4.69) is 5.32 Å². The van der Waals surface area contributed by atoms with Gasteiger partial charge in [0.2, 0.25) is 5.91 Å². The van der Waals surface area contributed by atoms with Crippen LogP contribution in [0, 0.1) is 17.6 Å². The Balaban J connectivity index is 2.70. The Labute approximate surface area is 92.6 Å². The monoisotopic (exact) mass is 228 g/mol. The average molecular weight is 228 g/mol. The van der Waals surface area contributed by atoms with Gasteiger partial charge in [-0.15, -0.1) is 0 Å². The van der Waals surface area contributed by atoms with E-state index in [1.807, 2.05) is 0 Å². The number of halogens is 2. The van der Waals surface area contributed by atoms with E-state index in [9.17, 15) is 13.6 Å². The van der Waals surface area contributed by atoms with Gasteiger partial charge in [0, 0.05) is 6.42 Å². The Kier molecular flexibility index (Phi) is 4.37. The highest BCUT2D eigenvalue weighted by atomic mass is 19.1. The van der Waals surface area contributed by atoms with Crippen molar-refractivity contribution in [2.45, 2.75) is 13.3 Å². The largest absolute Gasteiger partial charge is 0.330 e. The molecule has 3 N–H and O–H groups in total. The van der Waals surface area contributed by atoms with Gasteiger partial charge < -0.3 is 11.1 Å². The van der Waals surface area contributed by atoms with Crippen LogP contribution in [0.1, 0.15) is 13.3 Å². The van der Waals surface area contributed by atoms with Crippen LogP contribution in [0.4, 0.5) is 14.5 Å². The van der Waals surface area contributed by atoms with Gasteiger partial charge in [-0.05, 0) is 24.6 Å². The molecular weight excluding hydrogens is 214 g/mol. The maximum atomic E-state index is 13.2. The Hall–Kier alpha value is -1.49. The van der Waals surface area contributed by atoms with Crippen LogP contribution in [-0.2, 0) is 4.79 Å². The Morgan fingerprint density at radius 1 is 1.44 bits per heavy atom. The van der Waals surface area contributed by atoms with E-state index in [0.29, 0.717) is 6.54 Å². The van der Waals surface area contributed by atoms with Gasteiger partial charge in [-0.25, -0.2) is 8.78 Å². The molecule has 0 aliphatic carbocycles. The molecule has 3 nitrogen and oxygen atoms in total. The van der Waals surface area contributed by atoms with Gasteiger partial charge in [-0.1, -0.05) is 13.0 Å². The third kappa shape index (κ3) is 3.27. The smallest absolute Gasteiger partial charge is 0.224 e. The zero-order valence-corrected chi connectivity index (χ0v) is 8.97. The Morgan fingerprint density at radius 3 is 2.50 bits per heavy atom. The van der Waals surface area contributed by atoms with Crippen molar-refractivity contribution in [1.29, 1.82) is 0 Å². The fraction of sp³-hybridized carbons (Fsp3) is 0.364. The van der Waals surface area contributed by atoms with Crippen LogP contribution < -0.4 is 11.1 Å². The molecule has 0 spiro atoms. The first-order valence-electron chi connectivity index (χ1n) is 4.98. The number of hydrogen-bond acceptors (Lipinski definition) is 2. The van der Waals surface area contributed by atoms with Crippen molar-refractivity contribution >= 4 is 11.6 Å². The molecule has 0 aliphatic heterocycles. The van der Waals surface area contributed by atoms with E-state index < -0.39 is 23.2 Å². The molecule has 0 aromatic heterocycles. The first-order chi connectivity index (χ1) is 7.54. The number of amides is 1. The summed E-state index contributed by atoms with van der Waals surface area (Å²) < 4.78 is 26.3. The summed E-state index contributed by atoms with van der Waals surface area (Å²) in [5, 5.41) is 2.20. The number of anilines is 1. The molecule has 5 heteroatoms. The minimum absolute atomic E-state index is 0.0187. The quantitative estimate of drug-likeness (QED) is 0.826. The lowest BCUT2D eigenvalue weighted by Gasteiger charge is -2.10. The van der Waals surface area contributed by atoms with Crippen LogP contribution in [0.5, 0.6) is 0 Å². The van der Waals surface area contributed by atoms with Gasteiger partial charge in [0.05, 0.1) is 0 Å². The van der Waals surface area contributed by atoms with Crippen molar-refractivity contribution in [3.8, 4) is 0 Å². The highest BCUT2D eigenvalue weighted by Crippen LogP contribution is 2.18. The summed E-state index contributed by atoms with van der Waals surface area (Å²) in [5.74, 6) is -2.03. The first kappa shape index (κ1) is 12.6. The van der Waals surface area contributed by atoms with Gasteiger partial charge in [0.25, 0.3) is 0 Å². The second-order valence-electron chi connectivity index (χ2n) is 3.69. The molecule has 1 aromatic rings. The maximum Gasteiger partial charge on any atom is 0.224 e. The van der Waals surface area contributed by atoms with E-state index in [1.165, 1.54) is 6.07 Å². The molecule has 88 valence electrons. The Bertz CT molecular complexity index is 362. The molecule has 0 aliphatic rings. The highest BCUT2D eigenvalue weighted by Gasteiger charge is 2.13. The van der Waals surface area contributed by atoms with Crippen LogP contribution in [0.15, 0.2) is 18.2 Å². The number of carbonyl (C=O) groups excluding carboxylic acids is 1. The molecule has 0 radical (unpaired) electrons. The SMILES string of the molecule is CC(CN)CC(=O)Nc1c(F)cccc1F. The Morgan fingerprint density at radius 2 is 2.00 bits per heavy atom. The number of benzene rings is 1. The van der Waals surface area contributed by atoms with Crippen molar-refractivity contribution in [3.05, 3.63) is 29.8 Å². The van der Waals surface area contributed by atoms with Crippen LogP contribution in [0.25, 0.3) is 0 Å². The fourth-order valence-electron chi connectivity index (χ4n) is 1.21. The molecule has 1 atom stereocenters. The molecule has 0 saturated heterocycles. The van der Waals surface area contributed by atoms with Gasteiger partial charge in [-0.3, -0.25) is 4.79 Å². The lowest BCUT2D eigenvalue weighted by Crippen LogP contribution is -2.21. The predicted octanol–water partition coefficient (Wildman–Crippen LogP) is 1.89. The summed E-state index contributed by atoms with van der Waals surface area (Å²) in [5.41, 5.74) is 4.94. The van der Waals surface area contributed by atoms with Crippen molar-refractivity contribution in [1.82, 2.24) is 0 Å². The molecular formula is C11H14F2N2O. The van der Waals surface area contributed by atoms with Crippen LogP contribution in [0.2, 0.25) is 0 Å². The van der Waals surface area contributed by atoms with Gasteiger partial charge in [-0.2, -0.15) is 0 Å². The van der Waals surface area contributed by atoms with E-state index >= 15 is 0 Å². The van der Waals surface area contributed by atoms with Crippen molar-refractivity contribution in [3.63, 3.8) is 0 Å². The van der Waals surface area contributed by atoms with Crippen LogP contribution >= 0.6 is 0 Å². The third-order valence-corrected chi connectivity index (χ3v) is 2.16. The number of nitrogens with two attached hydrogens (primary N) is 1. The average Bonchev–Trinajstić information content (AvgIpc) is 2.23. The summed E-state index contributed by atoms with van der Waals surface area (Å²) in [4.78, 5) is 11.4. The maximum absolute atomic E-state index is 13.2. The fourth-order valence-corrected chi connectivity index (χ4v) is 1.21. The zero-order chi connectivity index (χ0) is 12.1. The lowest BCUT2D eigenvalue weighted by molar-refractivity contribution is -0.116. The van der Waals surface area contributed by atoms with E-state index in [-0.39, 0.29) is 12.3 Å². The second kappa shape index (κ2) is 5.55. The summed E-state index contributed by atoms with van der Waals surface area (Å²) in [6.45, 7) is 2.14. The lowest BCUT2D eigenvalue weighted by atomic mass is 10.1. The van der Waals surface area contributed by atoms with Gasteiger partial charge >= 0.3 is 0 Å². The minimum Gasteiger partial charge on any atom is -0.330 e. The van der Waals surface area contributed by atoms with Gasteiger partial charge in [0.1, 0.15) is 17.3 Å². The molecule has 1 amide bonds. The van der Waals surface area contributed by atoms with E-state index in [4.69, 9.17) is 5.73 Å². The first-order valence-corrected chi connectivity index (χ1v) is 4.98. The predicted molar refractivity (Wildman–Crippen MR) is 57.8 cm³/mol. The molecule has 0 heterocycles. The second-order valence-corrected chi connectivity index (χ2v) is 3.69. The number of para-hydroxylation sites is 1. The number of nitrogens with one attached hydrogen (secondary N) is 1. The summed E-state index contributed by atoms with van der Waals surface area (Å²) in [7, 11) is 0. The molecule has 0 fully saturated rings. The van der Waals surface area contributed by atoms with Crippen molar-refractivity contribution < 1.29 is 13.6 Å². The van der Waals surface area contributed by atoms with Crippen molar-refractivity contribution in [2.24, 2.45) is 11.7 Å².